The van der Waals surface area contributed by atoms with Gasteiger partial charge in [0.05, 0.1) is 18.2 Å². The third kappa shape index (κ3) is 2.90. The van der Waals surface area contributed by atoms with E-state index < -0.39 is 17.8 Å². The van der Waals surface area contributed by atoms with Crippen LogP contribution in [0.5, 0.6) is 0 Å². The van der Waals surface area contributed by atoms with Crippen molar-refractivity contribution in [1.29, 1.82) is 0 Å². The maximum atomic E-state index is 13.0. The van der Waals surface area contributed by atoms with Crippen molar-refractivity contribution in [2.24, 2.45) is 0 Å². The van der Waals surface area contributed by atoms with Crippen molar-refractivity contribution in [3.8, 4) is 0 Å². The quantitative estimate of drug-likeness (QED) is 0.641. The molecule has 1 aliphatic heterocycles. The third-order valence-electron chi connectivity index (χ3n) is 2.87. The van der Waals surface area contributed by atoms with Crippen LogP contribution in [-0.4, -0.2) is 23.4 Å². The summed E-state index contributed by atoms with van der Waals surface area (Å²) in [5.41, 5.74) is 0.614. The number of Topliss-reactive ketones (excluding diaryl/α,β-unsaturated/α-hetero) is 1. The molecule has 100 valence electrons. The van der Waals surface area contributed by atoms with Crippen LogP contribution in [0.1, 0.15) is 18.0 Å². The Bertz CT molecular complexity index is 551. The smallest absolute Gasteiger partial charge is 0.255 e. The number of rotatable bonds is 2. The summed E-state index contributed by atoms with van der Waals surface area (Å²) < 4.78 is 13.5. The molecule has 4 nitrogen and oxygen atoms in total. The Hall–Kier alpha value is -1.53. The molecule has 1 heterocycles. The van der Waals surface area contributed by atoms with Crippen LogP contribution < -0.4 is 5.32 Å². The molecule has 2 rings (SSSR count). The Morgan fingerprint density at radius 3 is 2.79 bits per heavy atom. The second-order valence-electron chi connectivity index (χ2n) is 4.12. The minimum atomic E-state index is -0.522. The van der Waals surface area contributed by atoms with Crippen LogP contribution in [0.15, 0.2) is 34.3 Å². The fourth-order valence-corrected chi connectivity index (χ4v) is 2.61. The highest BCUT2D eigenvalue weighted by molar-refractivity contribution is 9.10. The van der Waals surface area contributed by atoms with Gasteiger partial charge in [0, 0.05) is 10.9 Å². The van der Waals surface area contributed by atoms with Crippen LogP contribution in [0.3, 0.4) is 0 Å². The highest BCUT2D eigenvalue weighted by atomic mass is 79.9. The number of aliphatic hydroxyl groups is 1. The average Bonchev–Trinajstić information content (AvgIpc) is 2.33. The van der Waals surface area contributed by atoms with Crippen molar-refractivity contribution >= 4 is 27.6 Å². The summed E-state index contributed by atoms with van der Waals surface area (Å²) in [7, 11) is 0. The summed E-state index contributed by atoms with van der Waals surface area (Å²) in [6.45, 7) is -0.362. The molecule has 1 aromatic carbocycles. The first-order valence-electron chi connectivity index (χ1n) is 5.63. The highest BCUT2D eigenvalue weighted by Gasteiger charge is 2.31. The van der Waals surface area contributed by atoms with Gasteiger partial charge in [-0.25, -0.2) is 4.39 Å². The molecule has 19 heavy (non-hydrogen) atoms. The van der Waals surface area contributed by atoms with E-state index in [9.17, 15) is 14.0 Å². The number of benzene rings is 1. The normalized spacial score (nSPS) is 21.6. The molecule has 6 heteroatoms. The lowest BCUT2D eigenvalue weighted by Crippen LogP contribution is -2.39. The van der Waals surface area contributed by atoms with Crippen molar-refractivity contribution in [3.05, 3.63) is 45.7 Å². The lowest BCUT2D eigenvalue weighted by molar-refractivity contribution is -0.126. The number of hydrogen-bond acceptors (Lipinski definition) is 3. The Morgan fingerprint density at radius 2 is 2.21 bits per heavy atom. The Morgan fingerprint density at radius 1 is 1.47 bits per heavy atom. The fourth-order valence-electron chi connectivity index (χ4n) is 1.98. The van der Waals surface area contributed by atoms with Gasteiger partial charge < -0.3 is 10.4 Å². The first-order valence-corrected chi connectivity index (χ1v) is 6.42. The van der Waals surface area contributed by atoms with Crippen molar-refractivity contribution in [3.63, 3.8) is 0 Å². The Balaban J connectivity index is 2.28. The van der Waals surface area contributed by atoms with Gasteiger partial charge >= 0.3 is 0 Å². The maximum Gasteiger partial charge on any atom is 0.255 e. The van der Waals surface area contributed by atoms with E-state index in [1.54, 1.807) is 0 Å². The second kappa shape index (κ2) is 5.63. The SMILES string of the molecule is O=C1C[C@H](c2ccc(F)cc2Br)NC(=O)/C1=C/CO. The van der Waals surface area contributed by atoms with Crippen LogP contribution in [0.4, 0.5) is 4.39 Å². The van der Waals surface area contributed by atoms with Crippen LogP contribution >= 0.6 is 15.9 Å². The first-order chi connectivity index (χ1) is 9.02. The molecule has 1 aromatic rings. The summed E-state index contributed by atoms with van der Waals surface area (Å²) in [6.07, 6.45) is 1.27. The first kappa shape index (κ1) is 13.9. The van der Waals surface area contributed by atoms with Gasteiger partial charge in [0.2, 0.25) is 0 Å². The largest absolute Gasteiger partial charge is 0.392 e. The van der Waals surface area contributed by atoms with Crippen molar-refractivity contribution in [1.82, 2.24) is 5.32 Å². The van der Waals surface area contributed by atoms with E-state index in [1.807, 2.05) is 0 Å². The molecule has 1 amide bonds. The average molecular weight is 328 g/mol. The van der Waals surface area contributed by atoms with Gasteiger partial charge in [-0.1, -0.05) is 22.0 Å². The van der Waals surface area contributed by atoms with E-state index >= 15 is 0 Å². The summed E-state index contributed by atoms with van der Waals surface area (Å²) in [6, 6.07) is 3.59. The molecule has 0 bridgehead atoms. The molecule has 1 saturated heterocycles. The third-order valence-corrected chi connectivity index (χ3v) is 3.56. The number of carbonyl (C=O) groups excluding carboxylic acids is 2. The van der Waals surface area contributed by atoms with Gasteiger partial charge in [-0.2, -0.15) is 0 Å². The zero-order chi connectivity index (χ0) is 14.0. The van der Waals surface area contributed by atoms with Gasteiger partial charge in [0.25, 0.3) is 5.91 Å². The number of hydrogen-bond donors (Lipinski definition) is 2. The lowest BCUT2D eigenvalue weighted by atomic mass is 9.93. The van der Waals surface area contributed by atoms with Gasteiger partial charge in [-0.05, 0) is 23.8 Å². The molecule has 1 atom stereocenters. The zero-order valence-corrected chi connectivity index (χ0v) is 11.4. The van der Waals surface area contributed by atoms with Crippen molar-refractivity contribution < 1.29 is 19.1 Å². The molecular weight excluding hydrogens is 317 g/mol. The predicted molar refractivity (Wildman–Crippen MR) is 69.8 cm³/mol. The molecule has 0 spiro atoms. The Labute approximate surface area is 117 Å². The van der Waals surface area contributed by atoms with Crippen LogP contribution in [0.25, 0.3) is 0 Å². The molecule has 0 aliphatic carbocycles. The second-order valence-corrected chi connectivity index (χ2v) is 4.97. The van der Waals surface area contributed by atoms with Crippen molar-refractivity contribution in [2.45, 2.75) is 12.5 Å². The number of ketones is 1. The maximum absolute atomic E-state index is 13.0. The molecule has 0 aromatic heterocycles. The molecule has 0 radical (unpaired) electrons. The minimum Gasteiger partial charge on any atom is -0.392 e. The standard InChI is InChI=1S/C13H11BrFNO3/c14-10-5-7(15)1-2-8(10)11-6-12(18)9(3-4-17)13(19)16-11/h1-3,5,11,17H,4,6H2,(H,16,19)/b9-3+/t11-/m1/s1. The monoisotopic (exact) mass is 327 g/mol. The fraction of sp³-hybridized carbons (Fsp3) is 0.231. The van der Waals surface area contributed by atoms with Gasteiger partial charge in [0.15, 0.2) is 5.78 Å². The van der Waals surface area contributed by atoms with E-state index in [-0.39, 0.29) is 24.4 Å². The molecule has 1 fully saturated rings. The topological polar surface area (TPSA) is 66.4 Å². The minimum absolute atomic E-state index is 0.0306. The molecule has 0 unspecified atom stereocenters. The number of aliphatic hydroxyl groups excluding tert-OH is 1. The summed E-state index contributed by atoms with van der Waals surface area (Å²) in [4.78, 5) is 23.6. The molecule has 2 N–H and O–H groups in total. The number of piperidine rings is 1. The van der Waals surface area contributed by atoms with Crippen LogP contribution in [0.2, 0.25) is 0 Å². The van der Waals surface area contributed by atoms with E-state index in [0.29, 0.717) is 10.0 Å². The van der Waals surface area contributed by atoms with E-state index in [1.165, 1.54) is 24.3 Å². The van der Waals surface area contributed by atoms with E-state index in [4.69, 9.17) is 5.11 Å². The summed E-state index contributed by atoms with van der Waals surface area (Å²) >= 11 is 3.21. The van der Waals surface area contributed by atoms with E-state index in [2.05, 4.69) is 21.2 Å². The number of halogens is 2. The zero-order valence-electron chi connectivity index (χ0n) is 9.82. The number of carbonyl (C=O) groups is 2. The molecular formula is C13H11BrFNO3. The van der Waals surface area contributed by atoms with Gasteiger partial charge in [-0.3, -0.25) is 9.59 Å². The predicted octanol–water partition coefficient (Wildman–Crippen LogP) is 1.64. The van der Waals surface area contributed by atoms with Crippen LogP contribution in [0, 0.1) is 5.82 Å². The summed E-state index contributed by atoms with van der Waals surface area (Å²) in [5, 5.41) is 11.4. The summed E-state index contributed by atoms with van der Waals surface area (Å²) in [5.74, 6) is -1.25. The number of nitrogens with one attached hydrogen (secondary N) is 1. The van der Waals surface area contributed by atoms with Crippen molar-refractivity contribution in [2.75, 3.05) is 6.61 Å². The number of amides is 1. The lowest BCUT2D eigenvalue weighted by Gasteiger charge is -2.25. The highest BCUT2D eigenvalue weighted by Crippen LogP contribution is 2.30. The van der Waals surface area contributed by atoms with Gasteiger partial charge in [0.1, 0.15) is 5.82 Å². The Kier molecular flexibility index (Phi) is 4.11. The molecule has 1 aliphatic rings. The molecule has 0 saturated carbocycles. The van der Waals surface area contributed by atoms with Gasteiger partial charge in [-0.15, -0.1) is 0 Å². The van der Waals surface area contributed by atoms with Crippen LogP contribution in [-0.2, 0) is 9.59 Å². The van der Waals surface area contributed by atoms with E-state index in [0.717, 1.165) is 0 Å².